The van der Waals surface area contributed by atoms with E-state index in [9.17, 15) is 0 Å². The smallest absolute Gasteiger partial charge is 0.0856 e. The summed E-state index contributed by atoms with van der Waals surface area (Å²) in [6, 6.07) is 16.8. The van der Waals surface area contributed by atoms with Crippen LogP contribution in [-0.4, -0.2) is 0 Å². The van der Waals surface area contributed by atoms with E-state index >= 15 is 0 Å². The van der Waals surface area contributed by atoms with Gasteiger partial charge in [0.15, 0.2) is 0 Å². The number of aryl methyl sites for hydroxylation is 2. The number of azo groups is 1. The van der Waals surface area contributed by atoms with Crippen LogP contribution < -0.4 is 0 Å². The predicted molar refractivity (Wildman–Crippen MR) is 65.4 cm³/mol. The van der Waals surface area contributed by atoms with Crippen LogP contribution in [0.15, 0.2) is 52.7 Å². The van der Waals surface area contributed by atoms with Crippen LogP contribution in [0.3, 0.4) is 0 Å². The van der Waals surface area contributed by atoms with Gasteiger partial charge >= 0.3 is 0 Å². The molecule has 17 heavy (non-hydrogen) atoms. The van der Waals surface area contributed by atoms with Crippen LogP contribution in [0, 0.1) is 19.9 Å². The fourth-order valence-electron chi connectivity index (χ4n) is 1.34. The SMILES string of the molecule is Cc1ccc(N=Nc2[c-]ccc(C)c2)cc1.[Y]. The number of hydrogen-bond acceptors (Lipinski definition) is 2. The monoisotopic (exact) mass is 298 g/mol. The van der Waals surface area contributed by atoms with Crippen molar-refractivity contribution in [3.8, 4) is 0 Å². The fraction of sp³-hybridized carbons (Fsp3) is 0.143. The van der Waals surface area contributed by atoms with Crippen molar-refractivity contribution in [2.24, 2.45) is 10.2 Å². The molecule has 0 atom stereocenters. The zero-order valence-corrected chi connectivity index (χ0v) is 12.9. The number of nitrogens with zero attached hydrogens (tertiary/aromatic N) is 2. The maximum atomic E-state index is 4.15. The summed E-state index contributed by atoms with van der Waals surface area (Å²) in [5.41, 5.74) is 4.01. The molecule has 0 saturated heterocycles. The van der Waals surface area contributed by atoms with E-state index in [4.69, 9.17) is 0 Å². The fourth-order valence-corrected chi connectivity index (χ4v) is 1.34. The Morgan fingerprint density at radius 2 is 1.59 bits per heavy atom. The third-order valence-electron chi connectivity index (χ3n) is 2.25. The molecule has 2 aromatic rings. The van der Waals surface area contributed by atoms with Crippen molar-refractivity contribution >= 4 is 11.4 Å². The molecule has 83 valence electrons. The molecule has 2 rings (SSSR count). The molecule has 0 heterocycles. The Labute approximate surface area is 127 Å². The Balaban J connectivity index is 0.00000144. The second-order valence-corrected chi connectivity index (χ2v) is 3.79. The summed E-state index contributed by atoms with van der Waals surface area (Å²) in [7, 11) is 0. The number of hydrogen-bond donors (Lipinski definition) is 0. The minimum Gasteiger partial charge on any atom is -0.178 e. The molecule has 0 spiro atoms. The summed E-state index contributed by atoms with van der Waals surface area (Å²) in [6.07, 6.45) is 0. The normalized spacial score (nSPS) is 10.2. The van der Waals surface area contributed by atoms with Crippen LogP contribution in [0.2, 0.25) is 0 Å². The molecule has 0 aliphatic heterocycles. The summed E-state index contributed by atoms with van der Waals surface area (Å²) < 4.78 is 0. The molecule has 0 aliphatic carbocycles. The summed E-state index contributed by atoms with van der Waals surface area (Å²) in [4.78, 5) is 0. The molecule has 0 saturated carbocycles. The molecule has 0 fully saturated rings. The zero-order chi connectivity index (χ0) is 11.4. The van der Waals surface area contributed by atoms with Crippen molar-refractivity contribution in [2.45, 2.75) is 13.8 Å². The van der Waals surface area contributed by atoms with Crippen molar-refractivity contribution < 1.29 is 32.7 Å². The van der Waals surface area contributed by atoms with Crippen LogP contribution >= 0.6 is 0 Å². The molecule has 0 unspecified atom stereocenters. The Kier molecular flexibility index (Phi) is 5.66. The standard InChI is InChI=1S/C14H13N2.Y/c1-11-6-8-13(9-7-11)15-16-14-5-3-4-12(2)10-14;/h3-4,6-10H,1-2H3;/q-1;. The molecule has 0 amide bonds. The Morgan fingerprint density at radius 1 is 0.882 bits per heavy atom. The summed E-state index contributed by atoms with van der Waals surface area (Å²) in [5, 5.41) is 8.29. The molecule has 3 heteroatoms. The van der Waals surface area contributed by atoms with Crippen LogP contribution in [0.4, 0.5) is 11.4 Å². The molecule has 2 nitrogen and oxygen atoms in total. The Bertz CT molecular complexity index is 504. The minimum atomic E-state index is 0. The van der Waals surface area contributed by atoms with Gasteiger partial charge in [0.05, 0.1) is 5.69 Å². The van der Waals surface area contributed by atoms with Crippen LogP contribution in [0.1, 0.15) is 11.1 Å². The average Bonchev–Trinajstić information content (AvgIpc) is 2.28. The van der Waals surface area contributed by atoms with E-state index in [1.807, 2.05) is 49.4 Å². The number of rotatable bonds is 2. The first kappa shape index (κ1) is 14.2. The quantitative estimate of drug-likeness (QED) is 0.575. The van der Waals surface area contributed by atoms with E-state index in [2.05, 4.69) is 23.2 Å². The molecule has 0 aromatic heterocycles. The topological polar surface area (TPSA) is 24.7 Å². The zero-order valence-electron chi connectivity index (χ0n) is 10.0. The molecule has 0 N–H and O–H groups in total. The van der Waals surface area contributed by atoms with Gasteiger partial charge in [-0.3, -0.25) is 0 Å². The first-order valence-electron chi connectivity index (χ1n) is 5.21. The Hall–Kier alpha value is -0.856. The maximum Gasteiger partial charge on any atom is 0.0856 e. The van der Waals surface area contributed by atoms with Gasteiger partial charge < -0.3 is 0 Å². The van der Waals surface area contributed by atoms with Gasteiger partial charge in [-0.2, -0.15) is 34.0 Å². The molecule has 1 radical (unpaired) electrons. The van der Waals surface area contributed by atoms with E-state index in [0.29, 0.717) is 0 Å². The number of benzene rings is 2. The molecule has 2 aromatic carbocycles. The van der Waals surface area contributed by atoms with Gasteiger partial charge in [-0.05, 0) is 24.7 Å². The predicted octanol–water partition coefficient (Wildman–Crippen LogP) is 4.52. The van der Waals surface area contributed by atoms with Crippen molar-refractivity contribution in [1.82, 2.24) is 0 Å². The largest absolute Gasteiger partial charge is 0.178 e. The minimum absolute atomic E-state index is 0. The van der Waals surface area contributed by atoms with Crippen molar-refractivity contribution in [1.29, 1.82) is 0 Å². The van der Waals surface area contributed by atoms with Gasteiger partial charge in [0.25, 0.3) is 0 Å². The van der Waals surface area contributed by atoms with E-state index in [1.54, 1.807) is 0 Å². The van der Waals surface area contributed by atoms with E-state index in [-0.39, 0.29) is 32.7 Å². The molecular weight excluding hydrogens is 285 g/mol. The first-order chi connectivity index (χ1) is 7.74. The van der Waals surface area contributed by atoms with Crippen LogP contribution in [0.25, 0.3) is 0 Å². The first-order valence-corrected chi connectivity index (χ1v) is 5.21. The van der Waals surface area contributed by atoms with Crippen LogP contribution in [0.5, 0.6) is 0 Å². The summed E-state index contributed by atoms with van der Waals surface area (Å²) >= 11 is 0. The molecule has 0 bridgehead atoms. The van der Waals surface area contributed by atoms with E-state index in [0.717, 1.165) is 16.9 Å². The van der Waals surface area contributed by atoms with Crippen molar-refractivity contribution in [3.63, 3.8) is 0 Å². The molecular formula is C14H13N2Y-. The van der Waals surface area contributed by atoms with Gasteiger partial charge in [-0.15, -0.1) is 6.07 Å². The third-order valence-corrected chi connectivity index (χ3v) is 2.25. The second-order valence-electron chi connectivity index (χ2n) is 3.79. The van der Waals surface area contributed by atoms with E-state index in [1.165, 1.54) is 5.56 Å². The van der Waals surface area contributed by atoms with E-state index < -0.39 is 0 Å². The summed E-state index contributed by atoms with van der Waals surface area (Å²) in [5.74, 6) is 0. The third kappa shape index (κ3) is 4.49. The van der Waals surface area contributed by atoms with Gasteiger partial charge in [0.2, 0.25) is 0 Å². The maximum absolute atomic E-state index is 4.15. The van der Waals surface area contributed by atoms with Gasteiger partial charge in [0, 0.05) is 32.7 Å². The van der Waals surface area contributed by atoms with Crippen LogP contribution in [-0.2, 0) is 32.7 Å². The van der Waals surface area contributed by atoms with Gasteiger partial charge in [-0.1, -0.05) is 24.6 Å². The second kappa shape index (κ2) is 6.78. The van der Waals surface area contributed by atoms with Crippen molar-refractivity contribution in [2.75, 3.05) is 0 Å². The average molecular weight is 298 g/mol. The van der Waals surface area contributed by atoms with Gasteiger partial charge in [-0.25, -0.2) is 0 Å². The summed E-state index contributed by atoms with van der Waals surface area (Å²) in [6.45, 7) is 4.08. The molecule has 0 aliphatic rings. The Morgan fingerprint density at radius 3 is 2.24 bits per heavy atom. The van der Waals surface area contributed by atoms with Crippen molar-refractivity contribution in [3.05, 3.63) is 59.7 Å². The van der Waals surface area contributed by atoms with Gasteiger partial charge in [0.1, 0.15) is 0 Å².